The van der Waals surface area contributed by atoms with Gasteiger partial charge in [-0.3, -0.25) is 4.79 Å². The third-order valence-electron chi connectivity index (χ3n) is 3.89. The zero-order chi connectivity index (χ0) is 18.5. The van der Waals surface area contributed by atoms with Gasteiger partial charge in [-0.05, 0) is 36.6 Å². The van der Waals surface area contributed by atoms with Crippen LogP contribution in [0.1, 0.15) is 27.2 Å². The third-order valence-corrected chi connectivity index (χ3v) is 4.18. The molecule has 3 aromatic rings. The van der Waals surface area contributed by atoms with Crippen molar-refractivity contribution in [2.75, 3.05) is 10.6 Å². The van der Waals surface area contributed by atoms with Crippen LogP contribution < -0.4 is 10.6 Å². The van der Waals surface area contributed by atoms with Crippen LogP contribution in [0.2, 0.25) is 5.02 Å². The van der Waals surface area contributed by atoms with E-state index >= 15 is 0 Å². The molecule has 0 saturated heterocycles. The smallest absolute Gasteiger partial charge is 0.274 e. The Kier molecular flexibility index (Phi) is 5.49. The topological polar surface area (TPSA) is 66.9 Å². The number of rotatable bonds is 5. The molecule has 6 heteroatoms. The fourth-order valence-electron chi connectivity index (χ4n) is 2.62. The zero-order valence-electron chi connectivity index (χ0n) is 14.6. The van der Waals surface area contributed by atoms with E-state index in [1.54, 1.807) is 6.07 Å². The highest BCUT2D eigenvalue weighted by molar-refractivity contribution is 6.34. The summed E-state index contributed by atoms with van der Waals surface area (Å²) in [5, 5.41) is 6.53. The molecule has 0 saturated carbocycles. The van der Waals surface area contributed by atoms with Crippen molar-refractivity contribution in [3.63, 3.8) is 0 Å². The van der Waals surface area contributed by atoms with Crippen molar-refractivity contribution >= 4 is 29.0 Å². The third kappa shape index (κ3) is 4.37. The molecule has 0 radical (unpaired) electrons. The molecule has 0 bridgehead atoms. The number of halogens is 1. The van der Waals surface area contributed by atoms with E-state index in [1.165, 1.54) is 6.33 Å². The van der Waals surface area contributed by atoms with Gasteiger partial charge in [0.25, 0.3) is 5.91 Å². The van der Waals surface area contributed by atoms with Crippen LogP contribution in [0.5, 0.6) is 0 Å². The van der Waals surface area contributed by atoms with E-state index < -0.39 is 0 Å². The zero-order valence-corrected chi connectivity index (χ0v) is 15.3. The summed E-state index contributed by atoms with van der Waals surface area (Å²) in [6.45, 7) is 4.47. The lowest BCUT2D eigenvalue weighted by molar-refractivity contribution is 0.102. The molecule has 1 heterocycles. The second-order valence-corrected chi connectivity index (χ2v) is 6.43. The Morgan fingerprint density at radius 3 is 2.58 bits per heavy atom. The van der Waals surface area contributed by atoms with Crippen molar-refractivity contribution in [2.24, 2.45) is 0 Å². The number of nitrogens with zero attached hydrogens (tertiary/aromatic N) is 2. The number of hydrogen-bond acceptors (Lipinski definition) is 4. The predicted molar refractivity (Wildman–Crippen MR) is 105 cm³/mol. The van der Waals surface area contributed by atoms with Crippen molar-refractivity contribution in [2.45, 2.75) is 20.4 Å². The summed E-state index contributed by atoms with van der Waals surface area (Å²) in [6.07, 6.45) is 1.37. The molecule has 26 heavy (non-hydrogen) atoms. The first kappa shape index (κ1) is 17.9. The van der Waals surface area contributed by atoms with Crippen molar-refractivity contribution in [1.82, 2.24) is 9.97 Å². The van der Waals surface area contributed by atoms with Crippen LogP contribution in [0.4, 0.5) is 11.5 Å². The standard InChI is InChI=1S/C20H19ClN4O/c1-13-8-14(2)19(16(21)9-13)25-20(26)17-10-18(24-12-23-17)22-11-15-6-4-3-5-7-15/h3-10,12H,11H2,1-2H3,(H,25,26)(H,22,23,24). The highest BCUT2D eigenvalue weighted by atomic mass is 35.5. The minimum atomic E-state index is -0.330. The van der Waals surface area contributed by atoms with Gasteiger partial charge in [0.1, 0.15) is 17.8 Å². The average molecular weight is 367 g/mol. The van der Waals surface area contributed by atoms with E-state index in [0.29, 0.717) is 23.1 Å². The molecule has 0 unspecified atom stereocenters. The van der Waals surface area contributed by atoms with Gasteiger partial charge in [0.05, 0.1) is 10.7 Å². The van der Waals surface area contributed by atoms with E-state index in [1.807, 2.05) is 56.3 Å². The van der Waals surface area contributed by atoms with Crippen LogP contribution in [-0.4, -0.2) is 15.9 Å². The lowest BCUT2D eigenvalue weighted by Gasteiger charge is -2.12. The van der Waals surface area contributed by atoms with Gasteiger partial charge >= 0.3 is 0 Å². The van der Waals surface area contributed by atoms with Crippen molar-refractivity contribution in [1.29, 1.82) is 0 Å². The molecular formula is C20H19ClN4O. The molecule has 2 N–H and O–H groups in total. The second kappa shape index (κ2) is 7.97. The van der Waals surface area contributed by atoms with E-state index in [2.05, 4.69) is 20.6 Å². The Labute approximate surface area is 157 Å². The van der Waals surface area contributed by atoms with Gasteiger partial charge in [0.15, 0.2) is 0 Å². The van der Waals surface area contributed by atoms with Crippen LogP contribution in [-0.2, 0) is 6.54 Å². The van der Waals surface area contributed by atoms with E-state index in [9.17, 15) is 4.79 Å². The van der Waals surface area contributed by atoms with Crippen molar-refractivity contribution in [3.05, 3.63) is 82.3 Å². The minimum absolute atomic E-state index is 0.270. The van der Waals surface area contributed by atoms with Gasteiger partial charge in [0, 0.05) is 12.6 Å². The summed E-state index contributed by atoms with van der Waals surface area (Å²) in [6, 6.07) is 15.4. The summed E-state index contributed by atoms with van der Waals surface area (Å²) >= 11 is 6.26. The van der Waals surface area contributed by atoms with Gasteiger partial charge in [-0.1, -0.05) is 48.0 Å². The number of carbonyl (C=O) groups is 1. The molecule has 0 aliphatic heterocycles. The first-order valence-electron chi connectivity index (χ1n) is 8.21. The molecule has 1 amide bonds. The van der Waals surface area contributed by atoms with Gasteiger partial charge in [-0.15, -0.1) is 0 Å². The molecule has 0 aliphatic carbocycles. The number of anilines is 2. The lowest BCUT2D eigenvalue weighted by atomic mass is 10.1. The summed E-state index contributed by atoms with van der Waals surface area (Å²) in [4.78, 5) is 20.8. The maximum atomic E-state index is 12.5. The number of aromatic nitrogens is 2. The molecular weight excluding hydrogens is 348 g/mol. The van der Waals surface area contributed by atoms with Gasteiger partial charge in [0.2, 0.25) is 0 Å². The first-order valence-corrected chi connectivity index (χ1v) is 8.58. The molecule has 2 aromatic carbocycles. The van der Waals surface area contributed by atoms with Crippen LogP contribution in [0.3, 0.4) is 0 Å². The molecule has 0 aliphatic rings. The molecule has 5 nitrogen and oxygen atoms in total. The number of amides is 1. The minimum Gasteiger partial charge on any atom is -0.366 e. The monoisotopic (exact) mass is 366 g/mol. The highest BCUT2D eigenvalue weighted by Gasteiger charge is 2.13. The number of nitrogens with one attached hydrogen (secondary N) is 2. The average Bonchev–Trinajstić information content (AvgIpc) is 2.64. The highest BCUT2D eigenvalue weighted by Crippen LogP contribution is 2.27. The quantitative estimate of drug-likeness (QED) is 0.691. The van der Waals surface area contributed by atoms with Gasteiger partial charge in [-0.2, -0.15) is 0 Å². The number of benzene rings is 2. The fourth-order valence-corrected chi connectivity index (χ4v) is 2.99. The Morgan fingerprint density at radius 2 is 1.85 bits per heavy atom. The second-order valence-electron chi connectivity index (χ2n) is 6.02. The van der Waals surface area contributed by atoms with Gasteiger partial charge < -0.3 is 10.6 Å². The summed E-state index contributed by atoms with van der Waals surface area (Å²) in [7, 11) is 0. The lowest BCUT2D eigenvalue weighted by Crippen LogP contribution is -2.16. The molecule has 3 rings (SSSR count). The number of aryl methyl sites for hydroxylation is 2. The maximum Gasteiger partial charge on any atom is 0.274 e. The Morgan fingerprint density at radius 1 is 1.08 bits per heavy atom. The van der Waals surface area contributed by atoms with Crippen LogP contribution >= 0.6 is 11.6 Å². The number of hydrogen-bond donors (Lipinski definition) is 2. The van der Waals surface area contributed by atoms with E-state index in [4.69, 9.17) is 11.6 Å². The molecule has 0 fully saturated rings. The SMILES string of the molecule is Cc1cc(C)c(NC(=O)c2cc(NCc3ccccc3)ncn2)c(Cl)c1. The first-order chi connectivity index (χ1) is 12.5. The molecule has 0 atom stereocenters. The van der Waals surface area contributed by atoms with Crippen LogP contribution in [0, 0.1) is 13.8 Å². The Hall–Kier alpha value is -2.92. The number of carbonyl (C=O) groups excluding carboxylic acids is 1. The van der Waals surface area contributed by atoms with E-state index in [0.717, 1.165) is 16.7 Å². The Balaban J connectivity index is 1.72. The summed E-state index contributed by atoms with van der Waals surface area (Å²) in [5.41, 5.74) is 3.94. The largest absolute Gasteiger partial charge is 0.366 e. The van der Waals surface area contributed by atoms with Gasteiger partial charge in [-0.25, -0.2) is 9.97 Å². The molecule has 0 spiro atoms. The maximum absolute atomic E-state index is 12.5. The molecule has 132 valence electrons. The molecule has 1 aromatic heterocycles. The summed E-state index contributed by atoms with van der Waals surface area (Å²) < 4.78 is 0. The van der Waals surface area contributed by atoms with Crippen molar-refractivity contribution in [3.8, 4) is 0 Å². The van der Waals surface area contributed by atoms with Crippen LogP contribution in [0.15, 0.2) is 54.9 Å². The van der Waals surface area contributed by atoms with E-state index in [-0.39, 0.29) is 11.6 Å². The Bertz CT molecular complexity index is 905. The fraction of sp³-hybridized carbons (Fsp3) is 0.150. The summed E-state index contributed by atoms with van der Waals surface area (Å²) in [5.74, 6) is 0.254. The van der Waals surface area contributed by atoms with Crippen LogP contribution in [0.25, 0.3) is 0 Å². The van der Waals surface area contributed by atoms with Crippen molar-refractivity contribution < 1.29 is 4.79 Å². The normalized spacial score (nSPS) is 10.4. The predicted octanol–water partition coefficient (Wildman–Crippen LogP) is 4.61.